The second-order valence-electron chi connectivity index (χ2n) is 2.98. The summed E-state index contributed by atoms with van der Waals surface area (Å²) in [5.41, 5.74) is 5.58. The third-order valence-corrected chi connectivity index (χ3v) is 2.62. The molecule has 6 nitrogen and oxygen atoms in total. The molecular formula is C10H11N5OS. The highest BCUT2D eigenvalue weighted by Crippen LogP contribution is 2.24. The molecule has 2 heterocycles. The van der Waals surface area contributed by atoms with E-state index in [9.17, 15) is 0 Å². The maximum absolute atomic E-state index is 5.58. The Morgan fingerprint density at radius 3 is 2.71 bits per heavy atom. The van der Waals surface area contributed by atoms with E-state index in [1.165, 1.54) is 11.8 Å². The minimum Gasteiger partial charge on any atom is -0.464 e. The SMILES string of the molecule is CCOc1nc(N)nc(Sc2ccncc2)n1. The highest BCUT2D eigenvalue weighted by Gasteiger charge is 2.06. The fourth-order valence-electron chi connectivity index (χ4n) is 1.10. The lowest BCUT2D eigenvalue weighted by molar-refractivity contribution is 0.308. The van der Waals surface area contributed by atoms with Crippen molar-refractivity contribution in [2.45, 2.75) is 17.0 Å². The molecule has 17 heavy (non-hydrogen) atoms. The smallest absolute Gasteiger partial charge is 0.322 e. The molecule has 0 amide bonds. The topological polar surface area (TPSA) is 86.8 Å². The lowest BCUT2D eigenvalue weighted by Gasteiger charge is -2.04. The number of rotatable bonds is 4. The van der Waals surface area contributed by atoms with Gasteiger partial charge in [0.2, 0.25) is 11.1 Å². The molecule has 0 aliphatic heterocycles. The van der Waals surface area contributed by atoms with Gasteiger partial charge in [-0.05, 0) is 30.8 Å². The summed E-state index contributed by atoms with van der Waals surface area (Å²) in [6, 6.07) is 3.98. The molecule has 0 saturated carbocycles. The van der Waals surface area contributed by atoms with Crippen LogP contribution < -0.4 is 10.5 Å². The maximum Gasteiger partial charge on any atom is 0.322 e. The van der Waals surface area contributed by atoms with E-state index < -0.39 is 0 Å². The molecule has 2 aromatic heterocycles. The average Bonchev–Trinajstić information content (AvgIpc) is 2.30. The van der Waals surface area contributed by atoms with Crippen LogP contribution in [0.25, 0.3) is 0 Å². The van der Waals surface area contributed by atoms with Gasteiger partial charge < -0.3 is 10.5 Å². The molecule has 2 N–H and O–H groups in total. The summed E-state index contributed by atoms with van der Waals surface area (Å²) in [7, 11) is 0. The number of aromatic nitrogens is 4. The van der Waals surface area contributed by atoms with Crippen molar-refractivity contribution in [1.29, 1.82) is 0 Å². The number of anilines is 1. The molecule has 0 aliphatic rings. The van der Waals surface area contributed by atoms with Crippen molar-refractivity contribution in [1.82, 2.24) is 19.9 Å². The Morgan fingerprint density at radius 1 is 1.24 bits per heavy atom. The number of nitrogens with zero attached hydrogens (tertiary/aromatic N) is 4. The first kappa shape index (κ1) is 11.6. The van der Waals surface area contributed by atoms with Crippen LogP contribution in [0.1, 0.15) is 6.92 Å². The molecule has 0 unspecified atom stereocenters. The van der Waals surface area contributed by atoms with Crippen molar-refractivity contribution in [2.24, 2.45) is 0 Å². The summed E-state index contributed by atoms with van der Waals surface area (Å²) in [5, 5.41) is 0.507. The van der Waals surface area contributed by atoms with E-state index in [0.29, 0.717) is 11.8 Å². The van der Waals surface area contributed by atoms with Crippen LogP contribution in [0.4, 0.5) is 5.95 Å². The molecule has 0 aromatic carbocycles. The van der Waals surface area contributed by atoms with Gasteiger partial charge in [-0.3, -0.25) is 4.98 Å². The first-order chi connectivity index (χ1) is 8.28. The van der Waals surface area contributed by atoms with Gasteiger partial charge in [0.15, 0.2) is 0 Å². The van der Waals surface area contributed by atoms with Gasteiger partial charge in [-0.2, -0.15) is 15.0 Å². The van der Waals surface area contributed by atoms with E-state index in [0.717, 1.165) is 4.90 Å². The normalized spacial score (nSPS) is 10.2. The standard InChI is InChI=1S/C10H11N5OS/c1-2-16-9-13-8(11)14-10(15-9)17-7-3-5-12-6-4-7/h3-6H,2H2,1H3,(H2,11,13,14,15). The van der Waals surface area contributed by atoms with E-state index in [-0.39, 0.29) is 12.0 Å². The Labute approximate surface area is 103 Å². The molecule has 0 fully saturated rings. The maximum atomic E-state index is 5.58. The number of hydrogen-bond acceptors (Lipinski definition) is 7. The van der Waals surface area contributed by atoms with Crippen LogP contribution in [-0.4, -0.2) is 26.5 Å². The van der Waals surface area contributed by atoms with Crippen LogP contribution in [0.15, 0.2) is 34.6 Å². The Kier molecular flexibility index (Phi) is 3.71. The zero-order valence-corrected chi connectivity index (χ0v) is 10.0. The largest absolute Gasteiger partial charge is 0.464 e. The Morgan fingerprint density at radius 2 is 2.00 bits per heavy atom. The molecule has 0 radical (unpaired) electrons. The number of pyridine rings is 1. The second-order valence-corrected chi connectivity index (χ2v) is 4.02. The second kappa shape index (κ2) is 5.44. The van der Waals surface area contributed by atoms with Gasteiger partial charge in [-0.1, -0.05) is 0 Å². The monoisotopic (exact) mass is 249 g/mol. The first-order valence-corrected chi connectivity index (χ1v) is 5.82. The highest BCUT2D eigenvalue weighted by molar-refractivity contribution is 7.99. The zero-order chi connectivity index (χ0) is 12.1. The molecule has 2 rings (SSSR count). The fraction of sp³-hybridized carbons (Fsp3) is 0.200. The molecule has 0 spiro atoms. The third kappa shape index (κ3) is 3.28. The molecule has 88 valence electrons. The Hall–Kier alpha value is -1.89. The minimum atomic E-state index is 0.153. The number of hydrogen-bond donors (Lipinski definition) is 1. The van der Waals surface area contributed by atoms with E-state index in [2.05, 4.69) is 19.9 Å². The van der Waals surface area contributed by atoms with Crippen molar-refractivity contribution < 1.29 is 4.74 Å². The van der Waals surface area contributed by atoms with Crippen molar-refractivity contribution in [3.8, 4) is 6.01 Å². The Balaban J connectivity index is 2.21. The minimum absolute atomic E-state index is 0.153. The molecule has 0 atom stereocenters. The number of ether oxygens (including phenoxy) is 1. The summed E-state index contributed by atoms with van der Waals surface area (Å²) in [6.45, 7) is 2.35. The van der Waals surface area contributed by atoms with E-state index >= 15 is 0 Å². The van der Waals surface area contributed by atoms with Crippen molar-refractivity contribution in [3.63, 3.8) is 0 Å². The average molecular weight is 249 g/mol. The quantitative estimate of drug-likeness (QED) is 0.876. The summed E-state index contributed by atoms with van der Waals surface area (Å²) in [4.78, 5) is 17.0. The van der Waals surface area contributed by atoms with Crippen molar-refractivity contribution in [2.75, 3.05) is 12.3 Å². The highest BCUT2D eigenvalue weighted by atomic mass is 32.2. The predicted molar refractivity (Wildman–Crippen MR) is 63.8 cm³/mol. The van der Waals surface area contributed by atoms with Crippen molar-refractivity contribution >= 4 is 17.7 Å². The van der Waals surface area contributed by atoms with Gasteiger partial charge in [-0.15, -0.1) is 0 Å². The van der Waals surface area contributed by atoms with Gasteiger partial charge in [0.1, 0.15) is 0 Å². The summed E-state index contributed by atoms with van der Waals surface area (Å²) in [6.07, 6.45) is 3.41. The summed E-state index contributed by atoms with van der Waals surface area (Å²) >= 11 is 1.38. The lowest BCUT2D eigenvalue weighted by Crippen LogP contribution is -2.04. The van der Waals surface area contributed by atoms with Gasteiger partial charge >= 0.3 is 6.01 Å². The van der Waals surface area contributed by atoms with Crippen LogP contribution in [0, 0.1) is 0 Å². The van der Waals surface area contributed by atoms with Crippen LogP contribution in [0.5, 0.6) is 6.01 Å². The predicted octanol–water partition coefficient (Wildman–Crippen LogP) is 1.40. The van der Waals surface area contributed by atoms with Gasteiger partial charge in [0, 0.05) is 17.3 Å². The van der Waals surface area contributed by atoms with Crippen LogP contribution >= 0.6 is 11.8 Å². The molecule has 2 aromatic rings. The van der Waals surface area contributed by atoms with Crippen LogP contribution in [0.2, 0.25) is 0 Å². The molecular weight excluding hydrogens is 238 g/mol. The molecule has 0 saturated heterocycles. The lowest BCUT2D eigenvalue weighted by atomic mass is 10.5. The Bertz CT molecular complexity index is 493. The van der Waals surface area contributed by atoms with Crippen LogP contribution in [0.3, 0.4) is 0 Å². The number of nitrogen functional groups attached to an aromatic ring is 1. The first-order valence-electron chi connectivity index (χ1n) is 5.00. The molecule has 0 bridgehead atoms. The third-order valence-electron chi connectivity index (χ3n) is 1.74. The molecule has 0 aliphatic carbocycles. The number of nitrogens with two attached hydrogens (primary N) is 1. The van der Waals surface area contributed by atoms with Crippen molar-refractivity contribution in [3.05, 3.63) is 24.5 Å². The van der Waals surface area contributed by atoms with Crippen LogP contribution in [-0.2, 0) is 0 Å². The fourth-order valence-corrected chi connectivity index (χ4v) is 1.84. The van der Waals surface area contributed by atoms with Gasteiger partial charge in [0.25, 0.3) is 0 Å². The van der Waals surface area contributed by atoms with Gasteiger partial charge in [-0.25, -0.2) is 0 Å². The summed E-state index contributed by atoms with van der Waals surface area (Å²) in [5.74, 6) is 0.153. The zero-order valence-electron chi connectivity index (χ0n) is 9.20. The summed E-state index contributed by atoms with van der Waals surface area (Å²) < 4.78 is 5.20. The van der Waals surface area contributed by atoms with E-state index in [1.807, 2.05) is 19.1 Å². The van der Waals surface area contributed by atoms with E-state index in [4.69, 9.17) is 10.5 Å². The van der Waals surface area contributed by atoms with E-state index in [1.54, 1.807) is 12.4 Å². The molecule has 7 heteroatoms. The van der Waals surface area contributed by atoms with Gasteiger partial charge in [0.05, 0.1) is 6.61 Å².